The molecule has 4 aromatic rings. The van der Waals surface area contributed by atoms with E-state index in [9.17, 15) is 4.79 Å². The van der Waals surface area contributed by atoms with Gasteiger partial charge >= 0.3 is 0 Å². The van der Waals surface area contributed by atoms with Gasteiger partial charge in [0.15, 0.2) is 5.65 Å². The van der Waals surface area contributed by atoms with E-state index < -0.39 is 0 Å². The fourth-order valence-corrected chi connectivity index (χ4v) is 4.29. The molecule has 1 aliphatic rings. The van der Waals surface area contributed by atoms with Gasteiger partial charge in [-0.3, -0.25) is 4.79 Å². The Labute approximate surface area is 146 Å². The molecule has 0 unspecified atom stereocenters. The molecule has 0 atom stereocenters. The molecule has 1 aromatic carbocycles. The predicted octanol–water partition coefficient (Wildman–Crippen LogP) is 3.30. The second kappa shape index (κ2) is 5.06. The average Bonchev–Trinajstić information content (AvgIpc) is 3.26. The fraction of sp³-hybridized carbons (Fsp3) is 0.235. The Morgan fingerprint density at radius 3 is 3.08 bits per heavy atom. The van der Waals surface area contributed by atoms with Crippen molar-refractivity contribution in [3.63, 3.8) is 0 Å². The summed E-state index contributed by atoms with van der Waals surface area (Å²) in [7, 11) is 1.88. The number of rotatable bonds is 2. The van der Waals surface area contributed by atoms with Gasteiger partial charge in [0, 0.05) is 18.0 Å². The molecule has 0 bridgehead atoms. The van der Waals surface area contributed by atoms with E-state index in [1.807, 2.05) is 36.7 Å². The molecule has 124 valence electrons. The Hall–Kier alpha value is -2.87. The minimum Gasteiger partial charge on any atom is -0.323 e. The Kier molecular flexibility index (Phi) is 2.93. The number of thiazole rings is 1. The molecule has 0 saturated heterocycles. The maximum Gasteiger partial charge on any atom is 0.291 e. The van der Waals surface area contributed by atoms with Crippen LogP contribution < -0.4 is 5.56 Å². The van der Waals surface area contributed by atoms with Crippen LogP contribution in [0, 0.1) is 6.92 Å². The Bertz CT molecular complexity index is 1250. The molecule has 0 N–H and O–H groups in total. The standard InChI is InChI=1S/C17H14N6OS/c1-9-20-16-15(25-9)12-7-19-23(17(24)14(12)22(16)2)8-10-3-4-13-11(5-10)6-18-21-13/h3-5,7H,6,8H2,1-2H3. The van der Waals surface area contributed by atoms with E-state index in [1.165, 1.54) is 4.68 Å². The van der Waals surface area contributed by atoms with Crippen LogP contribution in [0.1, 0.15) is 16.1 Å². The molecule has 1 aliphatic heterocycles. The Morgan fingerprint density at radius 1 is 1.32 bits per heavy atom. The largest absolute Gasteiger partial charge is 0.323 e. The van der Waals surface area contributed by atoms with Crippen LogP contribution in [0.25, 0.3) is 21.3 Å². The third kappa shape index (κ3) is 2.07. The lowest BCUT2D eigenvalue weighted by Crippen LogP contribution is -2.24. The molecule has 7 nitrogen and oxygen atoms in total. The van der Waals surface area contributed by atoms with Crippen LogP contribution in [0.3, 0.4) is 0 Å². The van der Waals surface area contributed by atoms with Gasteiger partial charge in [-0.2, -0.15) is 15.3 Å². The van der Waals surface area contributed by atoms with Crippen LogP contribution in [0.2, 0.25) is 0 Å². The van der Waals surface area contributed by atoms with Gasteiger partial charge in [0.25, 0.3) is 5.56 Å². The molecular formula is C17H14N6OS. The Balaban J connectivity index is 1.64. The number of hydrogen-bond acceptors (Lipinski definition) is 6. The molecule has 8 heteroatoms. The SMILES string of the molecule is Cc1nc2c(s1)c1cnn(Cc3ccc4c(c3)CN=N4)c(=O)c1n2C. The van der Waals surface area contributed by atoms with Crippen molar-refractivity contribution in [1.29, 1.82) is 0 Å². The van der Waals surface area contributed by atoms with Crippen molar-refractivity contribution in [2.45, 2.75) is 20.0 Å². The quantitative estimate of drug-likeness (QED) is 0.556. The van der Waals surface area contributed by atoms with Crippen molar-refractivity contribution in [3.8, 4) is 0 Å². The summed E-state index contributed by atoms with van der Waals surface area (Å²) in [6.07, 6.45) is 1.77. The number of fused-ring (bicyclic) bond motifs is 4. The number of benzene rings is 1. The molecular weight excluding hydrogens is 336 g/mol. The molecule has 4 heterocycles. The van der Waals surface area contributed by atoms with Gasteiger partial charge in [0.1, 0.15) is 5.52 Å². The number of hydrogen-bond donors (Lipinski definition) is 0. The maximum absolute atomic E-state index is 13.0. The van der Waals surface area contributed by atoms with Crippen LogP contribution in [0.5, 0.6) is 0 Å². The van der Waals surface area contributed by atoms with Crippen molar-refractivity contribution in [2.75, 3.05) is 0 Å². The van der Waals surface area contributed by atoms with Crippen molar-refractivity contribution in [3.05, 3.63) is 50.9 Å². The normalized spacial score (nSPS) is 13.2. The first kappa shape index (κ1) is 14.5. The Morgan fingerprint density at radius 2 is 2.20 bits per heavy atom. The number of aromatic nitrogens is 4. The monoisotopic (exact) mass is 350 g/mol. The molecule has 5 rings (SSSR count). The van der Waals surface area contributed by atoms with Crippen LogP contribution in [-0.4, -0.2) is 19.3 Å². The van der Waals surface area contributed by atoms with Crippen molar-refractivity contribution in [1.82, 2.24) is 19.3 Å². The number of azo groups is 1. The van der Waals surface area contributed by atoms with E-state index in [0.29, 0.717) is 18.6 Å². The van der Waals surface area contributed by atoms with Crippen molar-refractivity contribution >= 4 is 38.3 Å². The fourth-order valence-electron chi connectivity index (χ4n) is 3.33. The molecule has 25 heavy (non-hydrogen) atoms. The van der Waals surface area contributed by atoms with Gasteiger partial charge in [-0.15, -0.1) is 11.3 Å². The summed E-state index contributed by atoms with van der Waals surface area (Å²) < 4.78 is 4.39. The van der Waals surface area contributed by atoms with Gasteiger partial charge in [-0.05, 0) is 24.6 Å². The molecule has 0 amide bonds. The lowest BCUT2D eigenvalue weighted by molar-refractivity contribution is 0.644. The van der Waals surface area contributed by atoms with Crippen LogP contribution in [0.4, 0.5) is 5.69 Å². The summed E-state index contributed by atoms with van der Waals surface area (Å²) in [5, 5.41) is 14.4. The highest BCUT2D eigenvalue weighted by molar-refractivity contribution is 7.19. The third-order valence-electron chi connectivity index (χ3n) is 4.53. The summed E-state index contributed by atoms with van der Waals surface area (Å²) in [6.45, 7) is 2.99. The maximum atomic E-state index is 13.0. The van der Waals surface area contributed by atoms with E-state index in [-0.39, 0.29) is 5.56 Å². The first-order valence-corrected chi connectivity index (χ1v) is 8.74. The van der Waals surface area contributed by atoms with Gasteiger partial charge in [0.2, 0.25) is 0 Å². The molecule has 0 radical (unpaired) electrons. The highest BCUT2D eigenvalue weighted by Gasteiger charge is 2.17. The minimum absolute atomic E-state index is 0.0993. The van der Waals surface area contributed by atoms with E-state index in [1.54, 1.807) is 17.5 Å². The zero-order valence-corrected chi connectivity index (χ0v) is 14.5. The smallest absolute Gasteiger partial charge is 0.291 e. The summed E-state index contributed by atoms with van der Waals surface area (Å²) in [6, 6.07) is 5.95. The zero-order valence-electron chi connectivity index (χ0n) is 13.7. The van der Waals surface area contributed by atoms with Gasteiger partial charge in [0.05, 0.1) is 34.7 Å². The predicted molar refractivity (Wildman–Crippen MR) is 96.7 cm³/mol. The van der Waals surface area contributed by atoms with E-state index in [0.717, 1.165) is 37.6 Å². The number of nitrogens with zero attached hydrogens (tertiary/aromatic N) is 6. The minimum atomic E-state index is -0.0993. The summed E-state index contributed by atoms with van der Waals surface area (Å²) in [5.74, 6) is 0. The van der Waals surface area contributed by atoms with E-state index in [4.69, 9.17) is 0 Å². The molecule has 0 aliphatic carbocycles. The van der Waals surface area contributed by atoms with Crippen LogP contribution >= 0.6 is 11.3 Å². The number of aryl methyl sites for hydroxylation is 2. The first-order chi connectivity index (χ1) is 12.1. The highest BCUT2D eigenvalue weighted by Crippen LogP contribution is 2.30. The third-order valence-corrected chi connectivity index (χ3v) is 5.52. The molecule has 3 aromatic heterocycles. The van der Waals surface area contributed by atoms with Gasteiger partial charge in [-0.1, -0.05) is 6.07 Å². The van der Waals surface area contributed by atoms with E-state index in [2.05, 4.69) is 20.3 Å². The zero-order chi connectivity index (χ0) is 17.1. The summed E-state index contributed by atoms with van der Waals surface area (Å²) in [4.78, 5) is 17.5. The second-order valence-corrected chi connectivity index (χ2v) is 7.38. The van der Waals surface area contributed by atoms with Gasteiger partial charge in [-0.25, -0.2) is 9.67 Å². The average molecular weight is 350 g/mol. The topological polar surface area (TPSA) is 77.4 Å². The van der Waals surface area contributed by atoms with Crippen molar-refractivity contribution < 1.29 is 0 Å². The van der Waals surface area contributed by atoms with Gasteiger partial charge < -0.3 is 4.57 Å². The van der Waals surface area contributed by atoms with E-state index >= 15 is 0 Å². The molecule has 0 saturated carbocycles. The second-order valence-electron chi connectivity index (χ2n) is 6.18. The first-order valence-electron chi connectivity index (χ1n) is 7.93. The summed E-state index contributed by atoms with van der Waals surface area (Å²) >= 11 is 1.59. The van der Waals surface area contributed by atoms with Crippen LogP contribution in [0.15, 0.2) is 39.4 Å². The van der Waals surface area contributed by atoms with Crippen LogP contribution in [-0.2, 0) is 20.1 Å². The van der Waals surface area contributed by atoms with Crippen molar-refractivity contribution in [2.24, 2.45) is 17.3 Å². The lowest BCUT2D eigenvalue weighted by Gasteiger charge is -2.07. The molecule has 0 fully saturated rings. The summed E-state index contributed by atoms with van der Waals surface area (Å²) in [5.41, 5.74) is 4.40. The lowest BCUT2D eigenvalue weighted by atomic mass is 10.1. The highest BCUT2D eigenvalue weighted by atomic mass is 32.1. The molecule has 0 spiro atoms.